The van der Waals surface area contributed by atoms with Gasteiger partial charge in [0.15, 0.2) is 0 Å². The summed E-state index contributed by atoms with van der Waals surface area (Å²) in [5.41, 5.74) is 7.07. The molecule has 8 nitrogen and oxygen atoms in total. The van der Waals surface area contributed by atoms with Crippen molar-refractivity contribution in [2.75, 3.05) is 34.4 Å². The Labute approximate surface area is 177 Å². The maximum absolute atomic E-state index is 12.9. The Kier molecular flexibility index (Phi) is 5.47. The van der Waals surface area contributed by atoms with Crippen LogP contribution in [0.3, 0.4) is 0 Å². The Morgan fingerprint density at radius 2 is 1.83 bits per heavy atom. The molecule has 2 aliphatic rings. The lowest BCUT2D eigenvalue weighted by molar-refractivity contribution is -0.123. The van der Waals surface area contributed by atoms with Crippen LogP contribution in [0.2, 0.25) is 10.0 Å². The summed E-state index contributed by atoms with van der Waals surface area (Å²) in [6.07, 6.45) is 3.23. The van der Waals surface area contributed by atoms with Gasteiger partial charge in [0.1, 0.15) is 11.6 Å². The fraction of sp³-hybridized carbons (Fsp3) is 0.368. The molecule has 152 valence electrons. The van der Waals surface area contributed by atoms with Gasteiger partial charge >= 0.3 is 0 Å². The molecular formula is C19H20Cl2N6O2. The van der Waals surface area contributed by atoms with Gasteiger partial charge in [0, 0.05) is 35.2 Å². The Hall–Kier alpha value is -2.58. The lowest BCUT2D eigenvalue weighted by atomic mass is 9.92. The van der Waals surface area contributed by atoms with Crippen molar-refractivity contribution in [3.8, 4) is 0 Å². The average molecular weight is 435 g/mol. The number of amides is 2. The molecule has 1 aromatic heterocycles. The number of carbonyl (C=O) groups excluding carboxylic acids is 2. The second-order valence-electron chi connectivity index (χ2n) is 7.17. The first-order valence-electron chi connectivity index (χ1n) is 9.40. The van der Waals surface area contributed by atoms with E-state index in [1.807, 2.05) is 4.90 Å². The van der Waals surface area contributed by atoms with Crippen molar-refractivity contribution in [3.63, 3.8) is 0 Å². The van der Waals surface area contributed by atoms with Crippen LogP contribution in [0.1, 0.15) is 37.2 Å². The van der Waals surface area contributed by atoms with Crippen molar-refractivity contribution in [1.82, 2.24) is 9.97 Å². The summed E-state index contributed by atoms with van der Waals surface area (Å²) in [4.78, 5) is 36.2. The molecule has 0 spiro atoms. The maximum Gasteiger partial charge on any atom is 0.232 e. The van der Waals surface area contributed by atoms with Crippen LogP contribution >= 0.6 is 23.2 Å². The third-order valence-corrected chi connectivity index (χ3v) is 5.48. The average Bonchev–Trinajstić information content (AvgIpc) is 2.66. The summed E-state index contributed by atoms with van der Waals surface area (Å²) in [7, 11) is 0. The molecule has 1 saturated heterocycles. The van der Waals surface area contributed by atoms with E-state index in [1.165, 1.54) is 6.42 Å². The SMILES string of the molecule is Nc1nc(N2CCCCC2)nc2c1[C@H](C(=O)Nc1cc(Cl)cc(Cl)c1)CC(=O)N2. The summed E-state index contributed by atoms with van der Waals surface area (Å²) < 4.78 is 0. The van der Waals surface area contributed by atoms with Crippen LogP contribution in [0, 0.1) is 0 Å². The van der Waals surface area contributed by atoms with E-state index in [9.17, 15) is 9.59 Å². The molecular weight excluding hydrogens is 415 g/mol. The number of nitrogens with zero attached hydrogens (tertiary/aromatic N) is 3. The van der Waals surface area contributed by atoms with E-state index in [0.29, 0.717) is 33.1 Å². The van der Waals surface area contributed by atoms with Crippen LogP contribution in [0.5, 0.6) is 0 Å². The predicted octanol–water partition coefficient (Wildman–Crippen LogP) is 3.42. The van der Waals surface area contributed by atoms with Gasteiger partial charge in [-0.1, -0.05) is 23.2 Å². The van der Waals surface area contributed by atoms with Gasteiger partial charge in [-0.25, -0.2) is 0 Å². The van der Waals surface area contributed by atoms with Crippen LogP contribution < -0.4 is 21.3 Å². The maximum atomic E-state index is 12.9. The number of anilines is 4. The van der Waals surface area contributed by atoms with Gasteiger partial charge in [-0.3, -0.25) is 9.59 Å². The quantitative estimate of drug-likeness (QED) is 0.681. The van der Waals surface area contributed by atoms with E-state index >= 15 is 0 Å². The summed E-state index contributed by atoms with van der Waals surface area (Å²) in [5, 5.41) is 6.26. The minimum atomic E-state index is -0.813. The second-order valence-corrected chi connectivity index (χ2v) is 8.04. The highest BCUT2D eigenvalue weighted by Gasteiger charge is 2.35. The van der Waals surface area contributed by atoms with Crippen LogP contribution in [0.25, 0.3) is 0 Å². The van der Waals surface area contributed by atoms with E-state index < -0.39 is 11.8 Å². The molecule has 2 aliphatic heterocycles. The first kappa shape index (κ1) is 19.7. The number of nitrogens with two attached hydrogens (primary N) is 1. The molecule has 1 fully saturated rings. The van der Waals surface area contributed by atoms with Gasteiger partial charge in [0.2, 0.25) is 17.8 Å². The van der Waals surface area contributed by atoms with Crippen molar-refractivity contribution in [2.24, 2.45) is 0 Å². The molecule has 0 saturated carbocycles. The standard InChI is InChI=1S/C19H20Cl2N6O2/c20-10-6-11(21)8-12(7-10)23-18(29)13-9-14(28)24-17-15(13)16(22)25-19(26-17)27-4-2-1-3-5-27/h6-8,13H,1-5,9H2,(H,23,29)(H3,22,24,25,26,28)/t13-/m1/s1. The van der Waals surface area contributed by atoms with Crippen molar-refractivity contribution >= 4 is 58.3 Å². The number of aromatic nitrogens is 2. The number of rotatable bonds is 3. The zero-order valence-electron chi connectivity index (χ0n) is 15.5. The fourth-order valence-corrected chi connectivity index (χ4v) is 4.22. The van der Waals surface area contributed by atoms with Gasteiger partial charge in [0.05, 0.1) is 11.5 Å². The number of benzene rings is 1. The van der Waals surface area contributed by atoms with Crippen molar-refractivity contribution in [1.29, 1.82) is 0 Å². The third kappa shape index (κ3) is 4.23. The number of nitrogen functional groups attached to an aromatic ring is 1. The number of piperidine rings is 1. The Bertz CT molecular complexity index is 957. The molecule has 29 heavy (non-hydrogen) atoms. The van der Waals surface area contributed by atoms with E-state index in [-0.39, 0.29) is 18.1 Å². The highest BCUT2D eigenvalue weighted by molar-refractivity contribution is 6.35. The molecule has 4 rings (SSSR count). The summed E-state index contributed by atoms with van der Waals surface area (Å²) in [6.45, 7) is 1.68. The highest BCUT2D eigenvalue weighted by atomic mass is 35.5. The van der Waals surface area contributed by atoms with Crippen LogP contribution in [-0.4, -0.2) is 34.9 Å². The normalized spacial score (nSPS) is 18.8. The zero-order chi connectivity index (χ0) is 20.5. The van der Waals surface area contributed by atoms with E-state index in [0.717, 1.165) is 25.9 Å². The number of hydrogen-bond donors (Lipinski definition) is 3. The monoisotopic (exact) mass is 434 g/mol. The predicted molar refractivity (Wildman–Crippen MR) is 114 cm³/mol. The largest absolute Gasteiger partial charge is 0.383 e. The summed E-state index contributed by atoms with van der Waals surface area (Å²) >= 11 is 12.0. The Balaban J connectivity index is 1.64. The Morgan fingerprint density at radius 3 is 2.52 bits per heavy atom. The van der Waals surface area contributed by atoms with Crippen LogP contribution in [0.15, 0.2) is 18.2 Å². The lowest BCUT2D eigenvalue weighted by Gasteiger charge is -2.30. The van der Waals surface area contributed by atoms with Crippen LogP contribution in [0.4, 0.5) is 23.3 Å². The molecule has 0 radical (unpaired) electrons. The smallest absolute Gasteiger partial charge is 0.232 e. The number of fused-ring (bicyclic) bond motifs is 1. The van der Waals surface area contributed by atoms with Gasteiger partial charge in [-0.15, -0.1) is 0 Å². The molecule has 1 aromatic carbocycles. The molecule has 1 atom stereocenters. The zero-order valence-corrected chi connectivity index (χ0v) is 17.1. The molecule has 2 amide bonds. The molecule has 10 heteroatoms. The molecule has 3 heterocycles. The first-order valence-corrected chi connectivity index (χ1v) is 10.2. The molecule has 0 aliphatic carbocycles. The fourth-order valence-electron chi connectivity index (χ4n) is 3.70. The third-order valence-electron chi connectivity index (χ3n) is 5.04. The van der Waals surface area contributed by atoms with Crippen LogP contribution in [-0.2, 0) is 9.59 Å². The van der Waals surface area contributed by atoms with E-state index in [4.69, 9.17) is 28.9 Å². The second kappa shape index (κ2) is 8.04. The van der Waals surface area contributed by atoms with Gasteiger partial charge in [-0.05, 0) is 37.5 Å². The number of carbonyl (C=O) groups is 2. The molecule has 4 N–H and O–H groups in total. The van der Waals surface area contributed by atoms with Crippen molar-refractivity contribution < 1.29 is 9.59 Å². The summed E-state index contributed by atoms with van der Waals surface area (Å²) in [5.74, 6) is -0.556. The minimum absolute atomic E-state index is 0.0518. The highest BCUT2D eigenvalue weighted by Crippen LogP contribution is 2.37. The first-order chi connectivity index (χ1) is 13.9. The minimum Gasteiger partial charge on any atom is -0.383 e. The molecule has 0 unspecified atom stereocenters. The lowest BCUT2D eigenvalue weighted by Crippen LogP contribution is -2.35. The summed E-state index contributed by atoms with van der Waals surface area (Å²) in [6, 6.07) is 4.72. The Morgan fingerprint density at radius 1 is 1.14 bits per heavy atom. The number of halogens is 2. The van der Waals surface area contributed by atoms with Crippen molar-refractivity contribution in [3.05, 3.63) is 33.8 Å². The van der Waals surface area contributed by atoms with E-state index in [2.05, 4.69) is 20.6 Å². The van der Waals surface area contributed by atoms with E-state index in [1.54, 1.807) is 18.2 Å². The van der Waals surface area contributed by atoms with Gasteiger partial charge < -0.3 is 21.3 Å². The van der Waals surface area contributed by atoms with Crippen molar-refractivity contribution in [2.45, 2.75) is 31.6 Å². The number of hydrogen-bond acceptors (Lipinski definition) is 6. The topological polar surface area (TPSA) is 113 Å². The molecule has 2 aromatic rings. The van der Waals surface area contributed by atoms with Gasteiger partial charge in [0.25, 0.3) is 0 Å². The number of nitrogens with one attached hydrogen (secondary N) is 2. The van der Waals surface area contributed by atoms with Gasteiger partial charge in [-0.2, -0.15) is 9.97 Å². The molecule has 0 bridgehead atoms.